The second kappa shape index (κ2) is 5.35. The van der Waals surface area contributed by atoms with E-state index < -0.39 is 0 Å². The quantitative estimate of drug-likeness (QED) is 0.542. The topological polar surface area (TPSA) is 3.24 Å². The van der Waals surface area contributed by atoms with E-state index in [-0.39, 0.29) is 0 Å². The molecular weight excluding hydrogens is 297 g/mol. The van der Waals surface area contributed by atoms with Crippen molar-refractivity contribution in [2.24, 2.45) is 17.8 Å². The Morgan fingerprint density at radius 1 is 1.20 bits per heavy atom. The monoisotopic (exact) mass is 321 g/mol. The maximum Gasteiger partial charge on any atom is 0.0204 e. The van der Waals surface area contributed by atoms with E-state index in [0.29, 0.717) is 0 Å². The molecule has 1 aliphatic heterocycles. The van der Waals surface area contributed by atoms with Gasteiger partial charge in [-0.05, 0) is 37.0 Å². The predicted octanol–water partition coefficient (Wildman–Crippen LogP) is 4.26. The first-order chi connectivity index (χ1) is 7.16. The molecule has 3 unspecified atom stereocenters. The third-order valence-electron chi connectivity index (χ3n) is 4.19. The standard InChI is InChI=1S/C13H24IN/c1-10(2)7-13-8-11-5-3-4-6-12(11)9-15(13)14/h10-13H,3-9H2,1-2H3. The van der Waals surface area contributed by atoms with E-state index in [1.165, 1.54) is 45.1 Å². The van der Waals surface area contributed by atoms with Gasteiger partial charge in [0.25, 0.3) is 0 Å². The van der Waals surface area contributed by atoms with Gasteiger partial charge in [0.15, 0.2) is 0 Å². The highest BCUT2D eigenvalue weighted by Gasteiger charge is 2.35. The summed E-state index contributed by atoms with van der Waals surface area (Å²) >= 11 is 2.57. The Morgan fingerprint density at radius 3 is 2.53 bits per heavy atom. The Labute approximate surface area is 108 Å². The summed E-state index contributed by atoms with van der Waals surface area (Å²) in [6.07, 6.45) is 8.87. The van der Waals surface area contributed by atoms with Crippen LogP contribution in [-0.4, -0.2) is 15.7 Å². The van der Waals surface area contributed by atoms with Crippen LogP contribution in [0.1, 0.15) is 52.4 Å². The van der Waals surface area contributed by atoms with Crippen LogP contribution in [0.2, 0.25) is 0 Å². The van der Waals surface area contributed by atoms with Crippen molar-refractivity contribution in [3.8, 4) is 0 Å². The van der Waals surface area contributed by atoms with Crippen molar-refractivity contribution < 1.29 is 0 Å². The van der Waals surface area contributed by atoms with Gasteiger partial charge in [-0.2, -0.15) is 0 Å². The molecule has 0 aromatic rings. The van der Waals surface area contributed by atoms with Crippen LogP contribution in [0.5, 0.6) is 0 Å². The van der Waals surface area contributed by atoms with Crippen molar-refractivity contribution in [1.29, 1.82) is 0 Å². The molecule has 1 nitrogen and oxygen atoms in total. The summed E-state index contributed by atoms with van der Waals surface area (Å²) in [4.78, 5) is 0. The van der Waals surface area contributed by atoms with Gasteiger partial charge < -0.3 is 0 Å². The van der Waals surface area contributed by atoms with Crippen molar-refractivity contribution in [2.75, 3.05) is 6.54 Å². The van der Waals surface area contributed by atoms with Crippen molar-refractivity contribution in [3.63, 3.8) is 0 Å². The van der Waals surface area contributed by atoms with Crippen LogP contribution in [0.15, 0.2) is 0 Å². The highest BCUT2D eigenvalue weighted by molar-refractivity contribution is 14.1. The molecule has 0 amide bonds. The molecule has 2 fully saturated rings. The van der Waals surface area contributed by atoms with Gasteiger partial charge in [0.05, 0.1) is 0 Å². The SMILES string of the molecule is CC(C)CC1CC2CCCCC2CN1I. The van der Waals surface area contributed by atoms with E-state index in [1.54, 1.807) is 0 Å². The highest BCUT2D eigenvalue weighted by atomic mass is 127. The van der Waals surface area contributed by atoms with E-state index in [1.807, 2.05) is 0 Å². The second-order valence-corrected chi connectivity index (χ2v) is 7.15. The van der Waals surface area contributed by atoms with Crippen LogP contribution < -0.4 is 0 Å². The Kier molecular flexibility index (Phi) is 4.33. The minimum absolute atomic E-state index is 0.854. The molecule has 15 heavy (non-hydrogen) atoms. The first kappa shape index (κ1) is 12.2. The summed E-state index contributed by atoms with van der Waals surface area (Å²) in [6.45, 7) is 6.08. The normalized spacial score (nSPS) is 38.0. The first-order valence-corrected chi connectivity index (χ1v) is 7.55. The molecule has 0 radical (unpaired) electrons. The Morgan fingerprint density at radius 2 is 1.87 bits per heavy atom. The van der Waals surface area contributed by atoms with E-state index in [0.717, 1.165) is 23.8 Å². The summed E-state index contributed by atoms with van der Waals surface area (Å²) in [6, 6.07) is 0.866. The predicted molar refractivity (Wildman–Crippen MR) is 74.0 cm³/mol. The van der Waals surface area contributed by atoms with E-state index in [9.17, 15) is 0 Å². The van der Waals surface area contributed by atoms with Crippen LogP contribution in [-0.2, 0) is 0 Å². The van der Waals surface area contributed by atoms with Crippen LogP contribution >= 0.6 is 22.9 Å². The lowest BCUT2D eigenvalue weighted by atomic mass is 9.73. The zero-order valence-electron chi connectivity index (χ0n) is 10.1. The Balaban J connectivity index is 1.92. The van der Waals surface area contributed by atoms with Gasteiger partial charge in [-0.25, -0.2) is 3.11 Å². The number of piperidine rings is 1. The molecule has 0 aromatic carbocycles. The van der Waals surface area contributed by atoms with Gasteiger partial charge in [-0.3, -0.25) is 0 Å². The smallest absolute Gasteiger partial charge is 0.0204 e. The van der Waals surface area contributed by atoms with E-state index in [4.69, 9.17) is 0 Å². The van der Waals surface area contributed by atoms with Gasteiger partial charge in [0.2, 0.25) is 0 Å². The number of rotatable bonds is 2. The number of hydrogen-bond donors (Lipinski definition) is 0. The van der Waals surface area contributed by atoms with Crippen molar-refractivity contribution in [1.82, 2.24) is 3.11 Å². The molecule has 3 atom stereocenters. The molecule has 1 saturated heterocycles. The van der Waals surface area contributed by atoms with Gasteiger partial charge in [-0.15, -0.1) is 0 Å². The average Bonchev–Trinajstić information content (AvgIpc) is 2.18. The summed E-state index contributed by atoms with van der Waals surface area (Å²) < 4.78 is 2.62. The lowest BCUT2D eigenvalue weighted by molar-refractivity contribution is 0.101. The molecule has 1 saturated carbocycles. The van der Waals surface area contributed by atoms with Gasteiger partial charge in [0.1, 0.15) is 0 Å². The van der Waals surface area contributed by atoms with E-state index in [2.05, 4.69) is 39.8 Å². The average molecular weight is 321 g/mol. The fraction of sp³-hybridized carbons (Fsp3) is 1.00. The molecule has 0 spiro atoms. The third kappa shape index (κ3) is 3.09. The fourth-order valence-corrected chi connectivity index (χ4v) is 4.39. The molecule has 2 aliphatic rings. The van der Waals surface area contributed by atoms with Crippen LogP contribution in [0.4, 0.5) is 0 Å². The lowest BCUT2D eigenvalue weighted by Gasteiger charge is -2.44. The number of nitrogens with zero attached hydrogens (tertiary/aromatic N) is 1. The number of halogens is 1. The first-order valence-electron chi connectivity index (χ1n) is 6.59. The number of fused-ring (bicyclic) bond motifs is 1. The molecule has 1 heterocycles. The van der Waals surface area contributed by atoms with Crippen LogP contribution in [0.3, 0.4) is 0 Å². The van der Waals surface area contributed by atoms with Crippen LogP contribution in [0, 0.1) is 17.8 Å². The molecule has 2 heteroatoms. The second-order valence-electron chi connectivity index (χ2n) is 5.91. The molecule has 2 rings (SSSR count). The maximum atomic E-state index is 2.62. The van der Waals surface area contributed by atoms with Crippen molar-refractivity contribution in [3.05, 3.63) is 0 Å². The molecule has 88 valence electrons. The van der Waals surface area contributed by atoms with Crippen LogP contribution in [0.25, 0.3) is 0 Å². The highest BCUT2D eigenvalue weighted by Crippen LogP contribution is 2.40. The maximum absolute atomic E-state index is 2.62. The molecular formula is C13H24IN. The zero-order chi connectivity index (χ0) is 10.8. The Bertz CT molecular complexity index is 205. The summed E-state index contributed by atoms with van der Waals surface area (Å²) in [5.41, 5.74) is 0. The van der Waals surface area contributed by atoms with Crippen molar-refractivity contribution >= 4 is 22.9 Å². The van der Waals surface area contributed by atoms with E-state index >= 15 is 0 Å². The summed E-state index contributed by atoms with van der Waals surface area (Å²) in [7, 11) is 0. The zero-order valence-corrected chi connectivity index (χ0v) is 12.2. The summed E-state index contributed by atoms with van der Waals surface area (Å²) in [5, 5.41) is 0. The molecule has 0 bridgehead atoms. The minimum Gasteiger partial charge on any atom is -0.244 e. The van der Waals surface area contributed by atoms with Gasteiger partial charge in [0, 0.05) is 35.5 Å². The van der Waals surface area contributed by atoms with Crippen molar-refractivity contribution in [2.45, 2.75) is 58.4 Å². The van der Waals surface area contributed by atoms with Gasteiger partial charge >= 0.3 is 0 Å². The molecule has 0 N–H and O–H groups in total. The van der Waals surface area contributed by atoms with Gasteiger partial charge in [-0.1, -0.05) is 33.1 Å². The Hall–Kier alpha value is 0.690. The fourth-order valence-electron chi connectivity index (χ4n) is 3.43. The molecule has 1 aliphatic carbocycles. The minimum atomic E-state index is 0.854. The third-order valence-corrected chi connectivity index (χ3v) is 5.37. The number of hydrogen-bond acceptors (Lipinski definition) is 1. The lowest BCUT2D eigenvalue weighted by Crippen LogP contribution is -2.43. The molecule has 0 aromatic heterocycles. The summed E-state index contributed by atoms with van der Waals surface area (Å²) in [5.74, 6) is 2.94. The largest absolute Gasteiger partial charge is 0.244 e.